The third-order valence-corrected chi connectivity index (χ3v) is 6.40. The van der Waals surface area contributed by atoms with Gasteiger partial charge >= 0.3 is 0 Å². The lowest BCUT2D eigenvalue weighted by atomic mass is 9.88. The molecule has 33 heavy (non-hydrogen) atoms. The Labute approximate surface area is 196 Å². The molecule has 0 saturated carbocycles. The third kappa shape index (κ3) is 5.89. The lowest BCUT2D eigenvalue weighted by molar-refractivity contribution is -0.139. The summed E-state index contributed by atoms with van der Waals surface area (Å²) in [5, 5.41) is 3.13. The zero-order valence-electron chi connectivity index (χ0n) is 19.6. The van der Waals surface area contributed by atoms with E-state index in [2.05, 4.69) is 11.9 Å². The predicted octanol–water partition coefficient (Wildman–Crippen LogP) is 4.36. The highest BCUT2D eigenvalue weighted by atomic mass is 16.7. The van der Waals surface area contributed by atoms with Gasteiger partial charge in [-0.3, -0.25) is 9.59 Å². The van der Waals surface area contributed by atoms with Crippen LogP contribution >= 0.6 is 0 Å². The molecule has 0 radical (unpaired) electrons. The molecule has 1 atom stereocenters. The van der Waals surface area contributed by atoms with Gasteiger partial charge in [-0.1, -0.05) is 54.6 Å². The van der Waals surface area contributed by atoms with Gasteiger partial charge in [-0.25, -0.2) is 0 Å². The number of carbonyl (C=O) groups excluding carboxylic acids is 2. The van der Waals surface area contributed by atoms with E-state index in [1.165, 1.54) is 0 Å². The topological polar surface area (TPSA) is 67.9 Å². The molecule has 1 heterocycles. The number of ether oxygens (including phenoxy) is 2. The summed E-state index contributed by atoms with van der Waals surface area (Å²) in [6.07, 6.45) is 4.67. The van der Waals surface area contributed by atoms with E-state index in [-0.39, 0.29) is 11.8 Å². The van der Waals surface area contributed by atoms with Crippen LogP contribution in [0, 0.1) is 0 Å². The second-order valence-corrected chi connectivity index (χ2v) is 8.36. The first-order valence-corrected chi connectivity index (χ1v) is 11.4. The lowest BCUT2D eigenvalue weighted by Crippen LogP contribution is -2.55. The molecule has 2 aromatic carbocycles. The Balaban J connectivity index is 1.84. The van der Waals surface area contributed by atoms with E-state index in [1.807, 2.05) is 60.7 Å². The van der Waals surface area contributed by atoms with E-state index in [1.54, 1.807) is 19.1 Å². The van der Waals surface area contributed by atoms with Crippen molar-refractivity contribution in [2.24, 2.45) is 0 Å². The minimum absolute atomic E-state index is 0.0252. The molecule has 1 N–H and O–H groups in total. The van der Waals surface area contributed by atoms with Crippen LogP contribution in [0.25, 0.3) is 0 Å². The van der Waals surface area contributed by atoms with Crippen LogP contribution < -0.4 is 5.32 Å². The summed E-state index contributed by atoms with van der Waals surface area (Å²) in [7, 11) is 3.18. The van der Waals surface area contributed by atoms with Crippen molar-refractivity contribution in [3.8, 4) is 0 Å². The summed E-state index contributed by atoms with van der Waals surface area (Å²) in [4.78, 5) is 28.5. The monoisotopic (exact) mass is 450 g/mol. The number of para-hydroxylation sites is 1. The van der Waals surface area contributed by atoms with Gasteiger partial charge < -0.3 is 19.7 Å². The number of hydrogen-bond acceptors (Lipinski definition) is 4. The zero-order valence-corrected chi connectivity index (χ0v) is 19.6. The lowest BCUT2D eigenvalue weighted by Gasteiger charge is -2.37. The predicted molar refractivity (Wildman–Crippen MR) is 130 cm³/mol. The molecular formula is C27H34N2O4. The fourth-order valence-corrected chi connectivity index (χ4v) is 4.50. The summed E-state index contributed by atoms with van der Waals surface area (Å²) in [6.45, 7) is 4.34. The Morgan fingerprint density at radius 1 is 1.15 bits per heavy atom. The normalized spacial score (nSPS) is 18.0. The fraction of sp³-hybridized carbons (Fsp3) is 0.407. The zero-order chi connectivity index (χ0) is 23.7. The minimum Gasteiger partial charge on any atom is -0.356 e. The first kappa shape index (κ1) is 24.7. The number of nitrogens with zero attached hydrogens (tertiary/aromatic N) is 1. The molecule has 2 amide bonds. The quantitative estimate of drug-likeness (QED) is 0.385. The molecule has 0 spiro atoms. The van der Waals surface area contributed by atoms with Gasteiger partial charge in [0.05, 0.1) is 0 Å². The first-order chi connectivity index (χ1) is 16.0. The number of nitrogens with one attached hydrogen (secondary N) is 1. The summed E-state index contributed by atoms with van der Waals surface area (Å²) < 4.78 is 10.7. The van der Waals surface area contributed by atoms with Crippen LogP contribution in [0.4, 0.5) is 5.69 Å². The second-order valence-electron chi connectivity index (χ2n) is 8.36. The molecule has 0 bridgehead atoms. The van der Waals surface area contributed by atoms with Crippen molar-refractivity contribution in [2.45, 2.75) is 50.4 Å². The first-order valence-electron chi connectivity index (χ1n) is 11.4. The van der Waals surface area contributed by atoms with Crippen LogP contribution in [0.5, 0.6) is 0 Å². The Bertz CT molecular complexity index is 942. The van der Waals surface area contributed by atoms with Crippen molar-refractivity contribution in [3.05, 3.63) is 78.4 Å². The maximum Gasteiger partial charge on any atom is 0.250 e. The minimum atomic E-state index is -0.894. The molecule has 6 heteroatoms. The maximum absolute atomic E-state index is 13.8. The summed E-state index contributed by atoms with van der Waals surface area (Å²) in [5.74, 6) is -0.126. The van der Waals surface area contributed by atoms with Crippen LogP contribution in [0.3, 0.4) is 0 Å². The van der Waals surface area contributed by atoms with Crippen LogP contribution in [0.15, 0.2) is 67.3 Å². The molecule has 1 saturated heterocycles. The average Bonchev–Trinajstić information content (AvgIpc) is 3.17. The number of hydrogen-bond donors (Lipinski definition) is 1. The molecule has 0 aliphatic carbocycles. The van der Waals surface area contributed by atoms with E-state index in [4.69, 9.17) is 9.47 Å². The van der Waals surface area contributed by atoms with Crippen molar-refractivity contribution in [2.75, 3.05) is 26.1 Å². The van der Waals surface area contributed by atoms with Crippen LogP contribution in [0.1, 0.15) is 36.8 Å². The number of benzene rings is 2. The number of carbonyl (C=O) groups is 2. The number of anilines is 1. The third-order valence-electron chi connectivity index (χ3n) is 6.40. The molecule has 0 aromatic heterocycles. The van der Waals surface area contributed by atoms with E-state index in [9.17, 15) is 9.59 Å². The fourth-order valence-electron chi connectivity index (χ4n) is 4.50. The van der Waals surface area contributed by atoms with Gasteiger partial charge in [0.25, 0.3) is 0 Å². The molecule has 1 fully saturated rings. The van der Waals surface area contributed by atoms with Gasteiger partial charge in [0.1, 0.15) is 5.54 Å². The Morgan fingerprint density at radius 2 is 1.85 bits per heavy atom. The van der Waals surface area contributed by atoms with E-state index < -0.39 is 11.8 Å². The molecule has 176 valence electrons. The number of amides is 2. The second kappa shape index (κ2) is 11.8. The molecule has 1 aliphatic heterocycles. The molecule has 3 rings (SSSR count). The highest BCUT2D eigenvalue weighted by Gasteiger charge is 2.50. The van der Waals surface area contributed by atoms with Crippen LogP contribution in [-0.2, 0) is 31.9 Å². The van der Waals surface area contributed by atoms with Gasteiger partial charge in [0.2, 0.25) is 11.8 Å². The summed E-state index contributed by atoms with van der Waals surface area (Å²) in [6, 6.07) is 17.7. The van der Waals surface area contributed by atoms with Crippen molar-refractivity contribution in [3.63, 3.8) is 0 Å². The Kier molecular flexibility index (Phi) is 8.80. The number of likely N-dealkylation sites (tertiary alicyclic amines) is 1. The molecule has 1 unspecified atom stereocenters. The molecule has 2 aromatic rings. The van der Waals surface area contributed by atoms with E-state index in [0.29, 0.717) is 50.8 Å². The molecule has 1 aliphatic rings. The number of methoxy groups -OCH3 is 2. The van der Waals surface area contributed by atoms with Gasteiger partial charge in [0, 0.05) is 39.3 Å². The average molecular weight is 451 g/mol. The number of rotatable bonds is 12. The largest absolute Gasteiger partial charge is 0.356 e. The number of allylic oxidation sites excluding steroid dienone is 1. The highest BCUT2D eigenvalue weighted by molar-refractivity contribution is 6.02. The van der Waals surface area contributed by atoms with E-state index >= 15 is 0 Å². The maximum atomic E-state index is 13.8. The summed E-state index contributed by atoms with van der Waals surface area (Å²) >= 11 is 0. The van der Waals surface area contributed by atoms with Crippen LogP contribution in [0.2, 0.25) is 0 Å². The van der Waals surface area contributed by atoms with Crippen molar-refractivity contribution in [1.29, 1.82) is 0 Å². The smallest absolute Gasteiger partial charge is 0.250 e. The van der Waals surface area contributed by atoms with Crippen molar-refractivity contribution in [1.82, 2.24) is 4.90 Å². The van der Waals surface area contributed by atoms with Gasteiger partial charge in [-0.2, -0.15) is 0 Å². The molecular weight excluding hydrogens is 416 g/mol. The van der Waals surface area contributed by atoms with Gasteiger partial charge in [-0.15, -0.1) is 6.58 Å². The van der Waals surface area contributed by atoms with E-state index in [0.717, 1.165) is 11.1 Å². The van der Waals surface area contributed by atoms with Gasteiger partial charge in [0.15, 0.2) is 6.29 Å². The standard InChI is InChI=1S/C27H34N2O4/c1-4-5-17-27(18-15-24(30)29(27)19-16-21-11-7-6-8-12-21)26(31)28-23-14-10-9-13-22(23)20-25(32-2)33-3/h4,6-14,25H,1,5,15-20H2,2-3H3,(H,28,31). The van der Waals surface area contributed by atoms with Crippen LogP contribution in [-0.4, -0.2) is 49.3 Å². The van der Waals surface area contributed by atoms with Crippen molar-refractivity contribution >= 4 is 17.5 Å². The Hall–Kier alpha value is -2.96. The Morgan fingerprint density at radius 3 is 2.55 bits per heavy atom. The highest BCUT2D eigenvalue weighted by Crippen LogP contribution is 2.36. The summed E-state index contributed by atoms with van der Waals surface area (Å²) in [5.41, 5.74) is 1.88. The van der Waals surface area contributed by atoms with Crippen molar-refractivity contribution < 1.29 is 19.1 Å². The van der Waals surface area contributed by atoms with Gasteiger partial charge in [-0.05, 0) is 42.9 Å². The SMILES string of the molecule is C=CCCC1(C(=O)Nc2ccccc2CC(OC)OC)CCC(=O)N1CCc1ccccc1. The molecule has 6 nitrogen and oxygen atoms in total.